The molecule has 1 heterocycles. The summed E-state index contributed by atoms with van der Waals surface area (Å²) in [6.45, 7) is 6.03. The number of nitrogens with one attached hydrogen (secondary N) is 1. The van der Waals surface area contributed by atoms with E-state index in [0.717, 1.165) is 16.9 Å². The Labute approximate surface area is 191 Å². The Balaban J connectivity index is 1.63. The summed E-state index contributed by atoms with van der Waals surface area (Å²) in [7, 11) is 0. The summed E-state index contributed by atoms with van der Waals surface area (Å²) in [5.74, 6) is 0.639. The van der Waals surface area contributed by atoms with Crippen molar-refractivity contribution in [3.05, 3.63) is 88.1 Å². The van der Waals surface area contributed by atoms with Crippen molar-refractivity contribution in [1.29, 1.82) is 0 Å². The molecule has 0 unspecified atom stereocenters. The predicted molar refractivity (Wildman–Crippen MR) is 129 cm³/mol. The first kappa shape index (κ1) is 22.1. The van der Waals surface area contributed by atoms with Crippen molar-refractivity contribution in [2.45, 2.75) is 20.8 Å². The molecule has 6 nitrogen and oxygen atoms in total. The Kier molecular flexibility index (Phi) is 6.45. The third kappa shape index (κ3) is 4.90. The number of rotatable bonds is 7. The highest BCUT2D eigenvalue weighted by Gasteiger charge is 2.19. The highest BCUT2D eigenvalue weighted by Crippen LogP contribution is 2.31. The first-order chi connectivity index (χ1) is 16.0. The highest BCUT2D eigenvalue weighted by molar-refractivity contribution is 5.92. The summed E-state index contributed by atoms with van der Waals surface area (Å²) in [5, 5.41) is 3.18. The average Bonchev–Trinajstić information content (AvgIpc) is 2.82. The quantitative estimate of drug-likeness (QED) is 0.408. The molecule has 4 rings (SSSR count). The van der Waals surface area contributed by atoms with Gasteiger partial charge in [0.2, 0.25) is 11.2 Å². The van der Waals surface area contributed by atoms with E-state index in [1.807, 2.05) is 57.2 Å². The number of fused-ring (bicyclic) bond motifs is 1. The molecule has 168 valence electrons. The fraction of sp³-hybridized carbons (Fsp3) is 0.185. The number of anilines is 1. The molecule has 0 atom stereocenters. The zero-order valence-electron chi connectivity index (χ0n) is 18.8. The van der Waals surface area contributed by atoms with Gasteiger partial charge in [0.25, 0.3) is 5.91 Å². The summed E-state index contributed by atoms with van der Waals surface area (Å²) in [6, 6.07) is 19.9. The van der Waals surface area contributed by atoms with E-state index < -0.39 is 5.91 Å². The number of amides is 1. The van der Waals surface area contributed by atoms with E-state index in [-0.39, 0.29) is 17.8 Å². The Morgan fingerprint density at radius 1 is 0.939 bits per heavy atom. The number of carbonyl (C=O) groups is 1. The standard InChI is InChI=1S/C27H25NO5/c1-4-31-21-12-10-20(11-13-21)28-24(29)16-32-27-25(30)22-14-17(2)18(3)15-23(22)33-26(27)19-8-6-5-7-9-19/h5-15H,4,16H2,1-3H3,(H,28,29). The van der Waals surface area contributed by atoms with Crippen LogP contribution < -0.4 is 20.2 Å². The molecule has 0 saturated carbocycles. The average molecular weight is 443 g/mol. The van der Waals surface area contributed by atoms with E-state index in [9.17, 15) is 9.59 Å². The summed E-state index contributed by atoms with van der Waals surface area (Å²) < 4.78 is 17.3. The molecule has 0 radical (unpaired) electrons. The molecule has 0 spiro atoms. The van der Waals surface area contributed by atoms with E-state index in [0.29, 0.717) is 34.6 Å². The molecule has 6 heteroatoms. The molecule has 0 aliphatic carbocycles. The Morgan fingerprint density at radius 3 is 2.33 bits per heavy atom. The van der Waals surface area contributed by atoms with Gasteiger partial charge in [-0.2, -0.15) is 0 Å². The topological polar surface area (TPSA) is 77.8 Å². The van der Waals surface area contributed by atoms with Gasteiger partial charge in [-0.05, 0) is 68.3 Å². The van der Waals surface area contributed by atoms with Crippen molar-refractivity contribution < 1.29 is 18.7 Å². The summed E-state index contributed by atoms with van der Waals surface area (Å²) in [4.78, 5) is 25.8. The van der Waals surface area contributed by atoms with E-state index in [2.05, 4.69) is 5.32 Å². The number of benzene rings is 3. The largest absolute Gasteiger partial charge is 0.494 e. The first-order valence-electron chi connectivity index (χ1n) is 10.7. The van der Waals surface area contributed by atoms with E-state index in [1.165, 1.54) is 0 Å². The van der Waals surface area contributed by atoms with Crippen LogP contribution in [0.3, 0.4) is 0 Å². The van der Waals surface area contributed by atoms with Gasteiger partial charge in [0, 0.05) is 11.3 Å². The summed E-state index contributed by atoms with van der Waals surface area (Å²) >= 11 is 0. The summed E-state index contributed by atoms with van der Waals surface area (Å²) in [6.07, 6.45) is 0. The first-order valence-corrected chi connectivity index (χ1v) is 10.7. The number of aryl methyl sites for hydroxylation is 2. The Morgan fingerprint density at radius 2 is 1.64 bits per heavy atom. The molecular weight excluding hydrogens is 418 g/mol. The van der Waals surface area contributed by atoms with Crippen LogP contribution in [-0.4, -0.2) is 19.1 Å². The van der Waals surface area contributed by atoms with E-state index in [4.69, 9.17) is 13.9 Å². The molecule has 1 amide bonds. The van der Waals surface area contributed by atoms with Crippen LogP contribution in [0.25, 0.3) is 22.3 Å². The van der Waals surface area contributed by atoms with Crippen molar-refractivity contribution >= 4 is 22.6 Å². The minimum atomic E-state index is -0.391. The SMILES string of the molecule is CCOc1ccc(NC(=O)COc2c(-c3ccccc3)oc3cc(C)c(C)cc3c2=O)cc1. The van der Waals surface area contributed by atoms with Crippen LogP contribution in [0.4, 0.5) is 5.69 Å². The predicted octanol–water partition coefficient (Wildman–Crippen LogP) is 5.49. The van der Waals surface area contributed by atoms with Gasteiger partial charge in [0.05, 0.1) is 12.0 Å². The third-order valence-corrected chi connectivity index (χ3v) is 5.30. The van der Waals surface area contributed by atoms with Crippen molar-refractivity contribution in [1.82, 2.24) is 0 Å². The maximum absolute atomic E-state index is 13.3. The van der Waals surface area contributed by atoms with Gasteiger partial charge >= 0.3 is 0 Å². The molecule has 4 aromatic rings. The van der Waals surface area contributed by atoms with Gasteiger partial charge in [0.1, 0.15) is 11.3 Å². The minimum Gasteiger partial charge on any atom is -0.494 e. The van der Waals surface area contributed by atoms with Crippen LogP contribution in [0.15, 0.2) is 75.9 Å². The molecule has 1 aromatic heterocycles. The van der Waals surface area contributed by atoms with Crippen molar-refractivity contribution in [3.8, 4) is 22.8 Å². The van der Waals surface area contributed by atoms with Gasteiger partial charge in [0.15, 0.2) is 12.4 Å². The van der Waals surface area contributed by atoms with Gasteiger partial charge in [-0.1, -0.05) is 30.3 Å². The van der Waals surface area contributed by atoms with Crippen molar-refractivity contribution in [2.24, 2.45) is 0 Å². The van der Waals surface area contributed by atoms with Gasteiger partial charge in [-0.25, -0.2) is 0 Å². The lowest BCUT2D eigenvalue weighted by Gasteiger charge is -2.13. The molecular formula is C27H25NO5. The fourth-order valence-electron chi connectivity index (χ4n) is 3.48. The lowest BCUT2D eigenvalue weighted by molar-refractivity contribution is -0.118. The molecule has 0 aliphatic rings. The normalized spacial score (nSPS) is 10.8. The van der Waals surface area contributed by atoms with Gasteiger partial charge in [-0.15, -0.1) is 0 Å². The summed E-state index contributed by atoms with van der Waals surface area (Å²) in [5.41, 5.74) is 3.46. The van der Waals surface area contributed by atoms with E-state index >= 15 is 0 Å². The number of hydrogen-bond acceptors (Lipinski definition) is 5. The highest BCUT2D eigenvalue weighted by atomic mass is 16.5. The van der Waals surface area contributed by atoms with Crippen LogP contribution in [0.1, 0.15) is 18.1 Å². The molecule has 0 saturated heterocycles. The molecule has 0 fully saturated rings. The monoisotopic (exact) mass is 443 g/mol. The fourth-order valence-corrected chi connectivity index (χ4v) is 3.48. The Hall–Kier alpha value is -4.06. The third-order valence-electron chi connectivity index (χ3n) is 5.30. The second-order valence-electron chi connectivity index (χ2n) is 7.68. The number of ether oxygens (including phenoxy) is 2. The molecule has 3 aromatic carbocycles. The maximum atomic E-state index is 13.3. The zero-order valence-corrected chi connectivity index (χ0v) is 18.8. The molecule has 1 N–H and O–H groups in total. The van der Waals surface area contributed by atoms with Crippen molar-refractivity contribution in [3.63, 3.8) is 0 Å². The lowest BCUT2D eigenvalue weighted by atomic mass is 10.0. The van der Waals surface area contributed by atoms with Crippen LogP contribution in [0, 0.1) is 13.8 Å². The van der Waals surface area contributed by atoms with Crippen LogP contribution in [0.2, 0.25) is 0 Å². The van der Waals surface area contributed by atoms with Gasteiger partial charge < -0.3 is 19.2 Å². The van der Waals surface area contributed by atoms with Crippen molar-refractivity contribution in [2.75, 3.05) is 18.5 Å². The van der Waals surface area contributed by atoms with Crippen LogP contribution in [-0.2, 0) is 4.79 Å². The van der Waals surface area contributed by atoms with Crippen LogP contribution >= 0.6 is 0 Å². The number of hydrogen-bond donors (Lipinski definition) is 1. The van der Waals surface area contributed by atoms with E-state index in [1.54, 1.807) is 30.3 Å². The molecule has 33 heavy (non-hydrogen) atoms. The zero-order chi connectivity index (χ0) is 23.4. The smallest absolute Gasteiger partial charge is 0.262 e. The Bertz CT molecular complexity index is 1340. The molecule has 0 aliphatic heterocycles. The minimum absolute atomic E-state index is 0.0128. The second kappa shape index (κ2) is 9.61. The lowest BCUT2D eigenvalue weighted by Crippen LogP contribution is -2.22. The van der Waals surface area contributed by atoms with Gasteiger partial charge in [-0.3, -0.25) is 9.59 Å². The second-order valence-corrected chi connectivity index (χ2v) is 7.68. The maximum Gasteiger partial charge on any atom is 0.262 e. The van der Waals surface area contributed by atoms with Crippen LogP contribution in [0.5, 0.6) is 11.5 Å². The molecule has 0 bridgehead atoms. The number of carbonyl (C=O) groups excluding carboxylic acids is 1.